The van der Waals surface area contributed by atoms with Crippen LogP contribution < -0.4 is 5.32 Å². The number of carbonyl (C=O) groups is 1. The fourth-order valence-electron chi connectivity index (χ4n) is 3.24. The molecule has 6 heteroatoms. The number of aromatic nitrogens is 2. The second-order valence-corrected chi connectivity index (χ2v) is 6.05. The first-order valence-electron chi connectivity index (χ1n) is 7.83. The van der Waals surface area contributed by atoms with E-state index < -0.39 is 0 Å². The summed E-state index contributed by atoms with van der Waals surface area (Å²) in [6.45, 7) is 3.95. The van der Waals surface area contributed by atoms with Crippen molar-refractivity contribution in [2.24, 2.45) is 15.9 Å². The summed E-state index contributed by atoms with van der Waals surface area (Å²) < 4.78 is 0. The molecular weight excluding hydrogens is 290 g/mol. The van der Waals surface area contributed by atoms with Crippen molar-refractivity contribution in [3.05, 3.63) is 29.5 Å². The second kappa shape index (κ2) is 5.22. The molecular formula is C17H17N5O. The highest BCUT2D eigenvalue weighted by molar-refractivity contribution is 6.18. The van der Waals surface area contributed by atoms with Crippen LogP contribution in [0.4, 0.5) is 5.95 Å². The number of guanidine groups is 1. The van der Waals surface area contributed by atoms with E-state index in [1.54, 1.807) is 0 Å². The molecule has 1 aromatic heterocycles. The van der Waals surface area contributed by atoms with Crippen LogP contribution in [0.25, 0.3) is 10.9 Å². The Labute approximate surface area is 133 Å². The quantitative estimate of drug-likeness (QED) is 0.879. The van der Waals surface area contributed by atoms with Gasteiger partial charge < -0.3 is 0 Å². The summed E-state index contributed by atoms with van der Waals surface area (Å²) in [5.41, 5.74) is 3.75. The van der Waals surface area contributed by atoms with Gasteiger partial charge in [0.15, 0.2) is 0 Å². The Morgan fingerprint density at radius 1 is 1.26 bits per heavy atom. The Kier molecular flexibility index (Phi) is 3.18. The predicted octanol–water partition coefficient (Wildman–Crippen LogP) is 2.61. The number of amides is 1. The first-order valence-corrected chi connectivity index (χ1v) is 7.83. The Balaban J connectivity index is 1.79. The predicted molar refractivity (Wildman–Crippen MR) is 89.0 cm³/mol. The molecule has 1 N–H and O–H groups in total. The molecule has 0 bridgehead atoms. The van der Waals surface area contributed by atoms with Gasteiger partial charge in [0.1, 0.15) is 0 Å². The van der Waals surface area contributed by atoms with E-state index in [0.29, 0.717) is 11.9 Å². The third-order valence-corrected chi connectivity index (χ3v) is 4.44. The lowest BCUT2D eigenvalue weighted by atomic mass is 10.0. The standard InChI is InChI=1S/C17H17N5O/c1-9-5-3-6-11-10(2)18-16(20-14(9)11)22-17-19-13-8-4-7-12(13)15(23)21-17/h3,5-6,12H,4,7-8H2,1-2H3,(H,18,20,21,22,23). The molecule has 6 nitrogen and oxygen atoms in total. The Hall–Kier alpha value is -2.63. The Morgan fingerprint density at radius 3 is 3.00 bits per heavy atom. The first kappa shape index (κ1) is 14.0. The van der Waals surface area contributed by atoms with Crippen LogP contribution in [-0.4, -0.2) is 27.5 Å². The number of rotatable bonds is 1. The van der Waals surface area contributed by atoms with Gasteiger partial charge in [0.05, 0.1) is 17.1 Å². The van der Waals surface area contributed by atoms with Gasteiger partial charge in [-0.15, -0.1) is 0 Å². The zero-order chi connectivity index (χ0) is 16.0. The normalized spacial score (nSPS) is 22.2. The highest BCUT2D eigenvalue weighted by atomic mass is 16.2. The molecule has 2 heterocycles. The van der Waals surface area contributed by atoms with E-state index in [4.69, 9.17) is 0 Å². The number of benzene rings is 1. The molecule has 23 heavy (non-hydrogen) atoms. The zero-order valence-corrected chi connectivity index (χ0v) is 13.1. The van der Waals surface area contributed by atoms with E-state index in [2.05, 4.69) is 25.3 Å². The molecule has 0 radical (unpaired) electrons. The summed E-state index contributed by atoms with van der Waals surface area (Å²) in [5.74, 6) is 0.547. The van der Waals surface area contributed by atoms with Crippen LogP contribution in [0.15, 0.2) is 28.2 Å². The number of aryl methyl sites for hydroxylation is 2. The minimum absolute atomic E-state index is 0.0139. The van der Waals surface area contributed by atoms with Crippen LogP contribution in [0.2, 0.25) is 0 Å². The van der Waals surface area contributed by atoms with Crippen molar-refractivity contribution < 1.29 is 4.79 Å². The minimum Gasteiger partial charge on any atom is -0.294 e. The van der Waals surface area contributed by atoms with Crippen molar-refractivity contribution in [1.29, 1.82) is 0 Å². The van der Waals surface area contributed by atoms with Crippen LogP contribution in [0, 0.1) is 19.8 Å². The lowest BCUT2D eigenvalue weighted by Gasteiger charge is -2.17. The topological polar surface area (TPSA) is 79.6 Å². The maximum absolute atomic E-state index is 12.1. The molecule has 1 amide bonds. The number of fused-ring (bicyclic) bond motifs is 2. The summed E-state index contributed by atoms with van der Waals surface area (Å²) in [6, 6.07) is 6.00. The number of hydrogen-bond acceptors (Lipinski definition) is 4. The van der Waals surface area contributed by atoms with Gasteiger partial charge in [-0.25, -0.2) is 15.0 Å². The highest BCUT2D eigenvalue weighted by Gasteiger charge is 2.33. The van der Waals surface area contributed by atoms with Crippen molar-refractivity contribution in [1.82, 2.24) is 15.3 Å². The number of carbonyl (C=O) groups excluding carboxylic acids is 1. The van der Waals surface area contributed by atoms with Gasteiger partial charge in [0, 0.05) is 11.1 Å². The van der Waals surface area contributed by atoms with Gasteiger partial charge in [-0.2, -0.15) is 4.99 Å². The van der Waals surface area contributed by atoms with Gasteiger partial charge in [0.25, 0.3) is 5.95 Å². The third kappa shape index (κ3) is 2.40. The van der Waals surface area contributed by atoms with E-state index in [0.717, 1.165) is 47.1 Å². The minimum atomic E-state index is -0.0737. The van der Waals surface area contributed by atoms with Gasteiger partial charge >= 0.3 is 0 Å². The van der Waals surface area contributed by atoms with Gasteiger partial charge in [-0.3, -0.25) is 10.1 Å². The number of para-hydroxylation sites is 1. The molecule has 1 atom stereocenters. The number of hydrogen-bond donors (Lipinski definition) is 1. The van der Waals surface area contributed by atoms with Crippen molar-refractivity contribution >= 4 is 34.4 Å². The van der Waals surface area contributed by atoms with E-state index in [9.17, 15) is 4.79 Å². The molecule has 1 fully saturated rings. The summed E-state index contributed by atoms with van der Waals surface area (Å²) in [7, 11) is 0. The SMILES string of the molecule is Cc1nc(/N=C2/N=C3CCCC3C(=O)N2)nc2c(C)cccc12. The Bertz CT molecular complexity index is 884. The molecule has 0 saturated heterocycles. The van der Waals surface area contributed by atoms with Gasteiger partial charge in [-0.1, -0.05) is 18.2 Å². The molecule has 1 aliphatic carbocycles. The summed E-state index contributed by atoms with van der Waals surface area (Å²) >= 11 is 0. The maximum atomic E-state index is 12.1. The molecule has 1 aliphatic heterocycles. The smallest absolute Gasteiger partial charge is 0.253 e. The molecule has 4 rings (SSSR count). The molecule has 1 unspecified atom stereocenters. The highest BCUT2D eigenvalue weighted by Crippen LogP contribution is 2.26. The lowest BCUT2D eigenvalue weighted by molar-refractivity contribution is -0.121. The first-order chi connectivity index (χ1) is 11.1. The average Bonchev–Trinajstić information content (AvgIpc) is 2.97. The number of nitrogens with zero attached hydrogens (tertiary/aromatic N) is 4. The van der Waals surface area contributed by atoms with E-state index in [1.165, 1.54) is 0 Å². The third-order valence-electron chi connectivity index (χ3n) is 4.44. The molecule has 1 saturated carbocycles. The molecule has 0 spiro atoms. The van der Waals surface area contributed by atoms with Gasteiger partial charge in [-0.05, 0) is 38.7 Å². The number of aliphatic imine (C=N–C) groups is 2. The van der Waals surface area contributed by atoms with E-state index in [1.807, 2.05) is 32.0 Å². The lowest BCUT2D eigenvalue weighted by Crippen LogP contribution is -2.41. The second-order valence-electron chi connectivity index (χ2n) is 6.05. The number of nitrogens with one attached hydrogen (secondary N) is 1. The summed E-state index contributed by atoms with van der Waals surface area (Å²) in [5, 5.41) is 3.78. The van der Waals surface area contributed by atoms with Crippen LogP contribution >= 0.6 is 0 Å². The molecule has 2 aromatic rings. The monoisotopic (exact) mass is 307 g/mol. The van der Waals surface area contributed by atoms with Crippen molar-refractivity contribution in [3.8, 4) is 0 Å². The van der Waals surface area contributed by atoms with Crippen LogP contribution in [0.5, 0.6) is 0 Å². The molecule has 116 valence electrons. The van der Waals surface area contributed by atoms with Crippen LogP contribution in [0.1, 0.15) is 30.5 Å². The Morgan fingerprint density at radius 2 is 2.13 bits per heavy atom. The van der Waals surface area contributed by atoms with Crippen molar-refractivity contribution in [2.45, 2.75) is 33.1 Å². The summed E-state index contributed by atoms with van der Waals surface area (Å²) in [4.78, 5) is 29.9. The van der Waals surface area contributed by atoms with Crippen molar-refractivity contribution in [3.63, 3.8) is 0 Å². The molecule has 2 aliphatic rings. The maximum Gasteiger partial charge on any atom is 0.253 e. The zero-order valence-electron chi connectivity index (χ0n) is 13.1. The van der Waals surface area contributed by atoms with E-state index >= 15 is 0 Å². The fraction of sp³-hybridized carbons (Fsp3) is 0.353. The van der Waals surface area contributed by atoms with E-state index in [-0.39, 0.29) is 11.8 Å². The largest absolute Gasteiger partial charge is 0.294 e. The van der Waals surface area contributed by atoms with Gasteiger partial charge in [0.2, 0.25) is 11.9 Å². The van der Waals surface area contributed by atoms with Crippen molar-refractivity contribution in [2.75, 3.05) is 0 Å². The van der Waals surface area contributed by atoms with Crippen LogP contribution in [-0.2, 0) is 4.79 Å². The average molecular weight is 307 g/mol. The summed E-state index contributed by atoms with van der Waals surface area (Å²) in [6.07, 6.45) is 2.76. The van der Waals surface area contributed by atoms with Crippen LogP contribution in [0.3, 0.4) is 0 Å². The molecule has 1 aromatic carbocycles. The fourth-order valence-corrected chi connectivity index (χ4v) is 3.24.